The molecule has 0 heterocycles. The molecule has 0 aromatic rings. The zero-order chi connectivity index (χ0) is 16.0. The highest BCUT2D eigenvalue weighted by atomic mass is 16.4. The van der Waals surface area contributed by atoms with Crippen molar-refractivity contribution in [1.29, 1.82) is 0 Å². The lowest BCUT2D eigenvalue weighted by Crippen LogP contribution is -2.59. The van der Waals surface area contributed by atoms with E-state index in [-0.39, 0.29) is 12.5 Å². The minimum absolute atomic E-state index is 0.137. The molecular formula is C14H25N3O4. The third-order valence-corrected chi connectivity index (χ3v) is 4.19. The normalized spacial score (nSPS) is 25.0. The molecule has 0 spiro atoms. The number of nitrogens with one attached hydrogen (secondary N) is 2. The van der Waals surface area contributed by atoms with Crippen LogP contribution in [0.25, 0.3) is 0 Å². The van der Waals surface area contributed by atoms with Crippen LogP contribution >= 0.6 is 0 Å². The highest BCUT2D eigenvalue weighted by Gasteiger charge is 2.42. The monoisotopic (exact) mass is 299 g/mol. The molecular weight excluding hydrogens is 274 g/mol. The molecule has 0 aliphatic heterocycles. The predicted octanol–water partition coefficient (Wildman–Crippen LogP) is 0.797. The smallest absolute Gasteiger partial charge is 0.329 e. The van der Waals surface area contributed by atoms with Crippen molar-refractivity contribution in [2.45, 2.75) is 45.1 Å². The van der Waals surface area contributed by atoms with Crippen LogP contribution in [0.15, 0.2) is 0 Å². The topological polar surface area (TPSA) is 98.7 Å². The van der Waals surface area contributed by atoms with Crippen LogP contribution in [0.3, 0.4) is 0 Å². The number of rotatable bonds is 5. The number of aliphatic carboxylic acids is 1. The minimum Gasteiger partial charge on any atom is -0.480 e. The van der Waals surface area contributed by atoms with E-state index in [1.807, 2.05) is 6.92 Å². The van der Waals surface area contributed by atoms with Gasteiger partial charge in [0, 0.05) is 13.6 Å². The summed E-state index contributed by atoms with van der Waals surface area (Å²) in [4.78, 5) is 36.4. The van der Waals surface area contributed by atoms with E-state index in [0.717, 1.165) is 12.8 Å². The minimum atomic E-state index is -1.21. The third kappa shape index (κ3) is 4.61. The molecule has 1 aliphatic carbocycles. The number of carboxylic acid groups (broad SMARTS) is 1. The van der Waals surface area contributed by atoms with Crippen LogP contribution < -0.4 is 10.6 Å². The van der Waals surface area contributed by atoms with Crippen LogP contribution in [0.5, 0.6) is 0 Å². The molecule has 7 heteroatoms. The van der Waals surface area contributed by atoms with Crippen LogP contribution in [0.4, 0.5) is 4.79 Å². The SMILES string of the molecule is CCN(C)C(=O)CNC(=O)NC1(C(=O)O)CCC(C)CC1. The van der Waals surface area contributed by atoms with Gasteiger partial charge in [0.05, 0.1) is 6.54 Å². The lowest BCUT2D eigenvalue weighted by Gasteiger charge is -2.36. The number of urea groups is 1. The highest BCUT2D eigenvalue weighted by molar-refractivity contribution is 5.88. The maximum atomic E-state index is 11.9. The zero-order valence-corrected chi connectivity index (χ0v) is 12.9. The number of carboxylic acids is 1. The number of hydrogen-bond donors (Lipinski definition) is 3. The maximum absolute atomic E-state index is 11.9. The zero-order valence-electron chi connectivity index (χ0n) is 12.9. The molecule has 1 saturated carbocycles. The lowest BCUT2D eigenvalue weighted by atomic mass is 9.77. The number of hydrogen-bond acceptors (Lipinski definition) is 3. The van der Waals surface area contributed by atoms with E-state index in [2.05, 4.69) is 17.6 Å². The first-order valence-electron chi connectivity index (χ1n) is 7.34. The molecule has 0 unspecified atom stereocenters. The summed E-state index contributed by atoms with van der Waals surface area (Å²) in [5.41, 5.74) is -1.21. The van der Waals surface area contributed by atoms with Crippen molar-refractivity contribution in [3.05, 3.63) is 0 Å². The summed E-state index contributed by atoms with van der Waals surface area (Å²) in [5, 5.41) is 14.4. The van der Waals surface area contributed by atoms with Crippen LogP contribution in [0.1, 0.15) is 39.5 Å². The van der Waals surface area contributed by atoms with E-state index in [1.54, 1.807) is 7.05 Å². The Morgan fingerprint density at radius 1 is 1.29 bits per heavy atom. The summed E-state index contributed by atoms with van der Waals surface area (Å²) in [7, 11) is 1.64. The maximum Gasteiger partial charge on any atom is 0.329 e. The second-order valence-electron chi connectivity index (χ2n) is 5.79. The van der Waals surface area contributed by atoms with Gasteiger partial charge in [-0.05, 0) is 38.5 Å². The van der Waals surface area contributed by atoms with Crippen molar-refractivity contribution in [2.24, 2.45) is 5.92 Å². The second kappa shape index (κ2) is 7.28. The summed E-state index contributed by atoms with van der Waals surface area (Å²) in [5.74, 6) is -0.752. The molecule has 21 heavy (non-hydrogen) atoms. The van der Waals surface area contributed by atoms with Gasteiger partial charge in [0.25, 0.3) is 0 Å². The van der Waals surface area contributed by atoms with Crippen LogP contribution in [-0.2, 0) is 9.59 Å². The summed E-state index contributed by atoms with van der Waals surface area (Å²) in [6.07, 6.45) is 2.37. The average Bonchev–Trinajstić information content (AvgIpc) is 2.46. The van der Waals surface area contributed by atoms with Gasteiger partial charge in [-0.2, -0.15) is 0 Å². The van der Waals surface area contributed by atoms with Crippen LogP contribution in [0.2, 0.25) is 0 Å². The molecule has 120 valence electrons. The quantitative estimate of drug-likeness (QED) is 0.699. The number of nitrogens with zero attached hydrogens (tertiary/aromatic N) is 1. The lowest BCUT2D eigenvalue weighted by molar-refractivity contribution is -0.146. The van der Waals surface area contributed by atoms with Gasteiger partial charge in [-0.3, -0.25) is 4.79 Å². The second-order valence-corrected chi connectivity index (χ2v) is 5.79. The fourth-order valence-corrected chi connectivity index (χ4v) is 2.38. The molecule has 0 aromatic carbocycles. The van der Waals surface area contributed by atoms with Gasteiger partial charge in [0.2, 0.25) is 5.91 Å². The Hall–Kier alpha value is -1.79. The molecule has 0 aromatic heterocycles. The summed E-state index contributed by atoms with van der Waals surface area (Å²) < 4.78 is 0. The van der Waals surface area contributed by atoms with E-state index in [1.165, 1.54) is 4.90 Å². The summed E-state index contributed by atoms with van der Waals surface area (Å²) in [6.45, 7) is 4.33. The Kier molecular flexibility index (Phi) is 5.99. The Morgan fingerprint density at radius 2 is 1.86 bits per heavy atom. The van der Waals surface area contributed by atoms with Crippen molar-refractivity contribution >= 4 is 17.9 Å². The van der Waals surface area contributed by atoms with Gasteiger partial charge in [0.1, 0.15) is 5.54 Å². The molecule has 1 fully saturated rings. The highest BCUT2D eigenvalue weighted by Crippen LogP contribution is 2.32. The first-order valence-corrected chi connectivity index (χ1v) is 7.34. The average molecular weight is 299 g/mol. The van der Waals surface area contributed by atoms with E-state index in [0.29, 0.717) is 25.3 Å². The standard InChI is InChI=1S/C14H25N3O4/c1-4-17(3)11(18)9-15-13(21)16-14(12(19)20)7-5-10(2)6-8-14/h10H,4-9H2,1-3H3,(H,19,20)(H2,15,16,21). The van der Waals surface area contributed by atoms with E-state index in [4.69, 9.17) is 0 Å². The van der Waals surface area contributed by atoms with Gasteiger partial charge in [-0.15, -0.1) is 0 Å². The number of amides is 3. The first-order chi connectivity index (χ1) is 9.80. The third-order valence-electron chi connectivity index (χ3n) is 4.19. The van der Waals surface area contributed by atoms with Crippen molar-refractivity contribution in [3.63, 3.8) is 0 Å². The molecule has 7 nitrogen and oxygen atoms in total. The van der Waals surface area contributed by atoms with Crippen molar-refractivity contribution < 1.29 is 19.5 Å². The number of likely N-dealkylation sites (N-methyl/N-ethyl adjacent to an activating group) is 1. The number of carbonyl (C=O) groups excluding carboxylic acids is 2. The van der Waals surface area contributed by atoms with Gasteiger partial charge < -0.3 is 20.6 Å². The molecule has 0 radical (unpaired) electrons. The fourth-order valence-electron chi connectivity index (χ4n) is 2.38. The Bertz CT molecular complexity index is 403. The number of carbonyl (C=O) groups is 3. The van der Waals surface area contributed by atoms with E-state index < -0.39 is 17.5 Å². The van der Waals surface area contributed by atoms with E-state index >= 15 is 0 Å². The Morgan fingerprint density at radius 3 is 2.33 bits per heavy atom. The molecule has 1 aliphatic rings. The van der Waals surface area contributed by atoms with Gasteiger partial charge >= 0.3 is 12.0 Å². The molecule has 0 atom stereocenters. The van der Waals surface area contributed by atoms with Crippen LogP contribution in [0, 0.1) is 5.92 Å². The Labute approximate surface area is 125 Å². The van der Waals surface area contributed by atoms with Gasteiger partial charge in [-0.25, -0.2) is 9.59 Å². The largest absolute Gasteiger partial charge is 0.480 e. The molecule has 0 bridgehead atoms. The van der Waals surface area contributed by atoms with Crippen molar-refractivity contribution in [3.8, 4) is 0 Å². The van der Waals surface area contributed by atoms with Gasteiger partial charge in [-0.1, -0.05) is 6.92 Å². The summed E-state index contributed by atoms with van der Waals surface area (Å²) in [6, 6.07) is -0.607. The van der Waals surface area contributed by atoms with E-state index in [9.17, 15) is 19.5 Å². The summed E-state index contributed by atoms with van der Waals surface area (Å²) >= 11 is 0. The molecule has 0 saturated heterocycles. The van der Waals surface area contributed by atoms with Crippen molar-refractivity contribution in [2.75, 3.05) is 20.1 Å². The van der Waals surface area contributed by atoms with Crippen molar-refractivity contribution in [1.82, 2.24) is 15.5 Å². The first kappa shape index (κ1) is 17.3. The molecule has 3 N–H and O–H groups in total. The molecule has 3 amide bonds. The molecule has 1 rings (SSSR count). The predicted molar refractivity (Wildman–Crippen MR) is 77.8 cm³/mol. The fraction of sp³-hybridized carbons (Fsp3) is 0.786. The van der Waals surface area contributed by atoms with Gasteiger partial charge in [0.15, 0.2) is 0 Å². The Balaban J connectivity index is 2.54. The van der Waals surface area contributed by atoms with Crippen LogP contribution in [-0.4, -0.2) is 53.6 Å².